The molecule has 0 saturated heterocycles. The molecule has 0 saturated carbocycles. The summed E-state index contributed by atoms with van der Waals surface area (Å²) in [5.74, 6) is -0.218. The molecule has 1 atom stereocenters. The van der Waals surface area contributed by atoms with Crippen LogP contribution in [0.1, 0.15) is 20.3 Å². The molecule has 1 heterocycles. The van der Waals surface area contributed by atoms with Gasteiger partial charge in [-0.2, -0.15) is 0 Å². The Labute approximate surface area is 89.5 Å². The molecule has 0 aromatic rings. The highest BCUT2D eigenvalue weighted by Crippen LogP contribution is 2.28. The third-order valence-corrected chi connectivity index (χ3v) is 2.66. The average Bonchev–Trinajstić information content (AvgIpc) is 2.64. The third kappa shape index (κ3) is 1.82. The number of hydrogen-bond donors (Lipinski definition) is 1. The summed E-state index contributed by atoms with van der Waals surface area (Å²) in [6, 6.07) is 0.259. The predicted molar refractivity (Wildman–Crippen MR) is 58.1 cm³/mol. The van der Waals surface area contributed by atoms with Crippen molar-refractivity contribution in [1.82, 2.24) is 5.32 Å². The maximum absolute atomic E-state index is 11.7. The summed E-state index contributed by atoms with van der Waals surface area (Å²) >= 11 is 0. The van der Waals surface area contributed by atoms with Gasteiger partial charge < -0.3 is 10.1 Å². The molecule has 1 unspecified atom stereocenters. The Hall–Kier alpha value is -1.51. The molecule has 15 heavy (non-hydrogen) atoms. The zero-order chi connectivity index (χ0) is 10.8. The van der Waals surface area contributed by atoms with Gasteiger partial charge >= 0.3 is 5.97 Å². The van der Waals surface area contributed by atoms with E-state index in [1.54, 1.807) is 0 Å². The molecule has 0 aromatic carbocycles. The Morgan fingerprint density at radius 1 is 1.67 bits per heavy atom. The molecule has 0 amide bonds. The van der Waals surface area contributed by atoms with E-state index in [2.05, 4.69) is 5.32 Å². The van der Waals surface area contributed by atoms with Gasteiger partial charge in [0.25, 0.3) is 0 Å². The molecule has 3 heteroatoms. The molecule has 0 fully saturated rings. The molecule has 0 aromatic heterocycles. The first-order valence-electron chi connectivity index (χ1n) is 5.23. The molecule has 2 rings (SSSR count). The predicted octanol–water partition coefficient (Wildman–Crippen LogP) is 1.68. The number of esters is 1. The lowest BCUT2D eigenvalue weighted by Crippen LogP contribution is -2.26. The minimum Gasteiger partial charge on any atom is -0.462 e. The van der Waals surface area contributed by atoms with Crippen LogP contribution in [0.3, 0.4) is 0 Å². The van der Waals surface area contributed by atoms with Crippen molar-refractivity contribution in [2.75, 3.05) is 6.61 Å². The lowest BCUT2D eigenvalue weighted by atomic mass is 9.90. The van der Waals surface area contributed by atoms with Gasteiger partial charge in [0.05, 0.1) is 18.2 Å². The quantitative estimate of drug-likeness (QED) is 0.697. The third-order valence-electron chi connectivity index (χ3n) is 2.66. The first-order chi connectivity index (χ1) is 7.22. The van der Waals surface area contributed by atoms with E-state index in [1.165, 1.54) is 5.57 Å². The summed E-state index contributed by atoms with van der Waals surface area (Å²) in [6.07, 6.45) is 6.75. The van der Waals surface area contributed by atoms with Gasteiger partial charge in [-0.25, -0.2) is 4.79 Å². The molecule has 1 aliphatic carbocycles. The van der Waals surface area contributed by atoms with Crippen LogP contribution in [0.15, 0.2) is 35.1 Å². The number of nitrogens with one attached hydrogen (secondary N) is 1. The Morgan fingerprint density at radius 2 is 2.47 bits per heavy atom. The lowest BCUT2D eigenvalue weighted by Gasteiger charge is -2.21. The minimum absolute atomic E-state index is 0.218. The van der Waals surface area contributed by atoms with E-state index >= 15 is 0 Å². The van der Waals surface area contributed by atoms with Crippen molar-refractivity contribution in [2.24, 2.45) is 0 Å². The van der Waals surface area contributed by atoms with Crippen LogP contribution in [0.5, 0.6) is 0 Å². The van der Waals surface area contributed by atoms with E-state index in [0.29, 0.717) is 12.2 Å². The molecule has 1 aliphatic heterocycles. The molecular formula is C12H15NO2. The standard InChI is InChI=1S/C12H15NO2/c1-3-15-12(14)10-6-8(2)7-11-9(10)4-5-13-11/h4-6,11,13H,3,7H2,1-2H3. The first kappa shape index (κ1) is 10.0. The van der Waals surface area contributed by atoms with Crippen molar-refractivity contribution in [1.29, 1.82) is 0 Å². The molecular weight excluding hydrogens is 190 g/mol. The largest absolute Gasteiger partial charge is 0.462 e. The topological polar surface area (TPSA) is 38.3 Å². The van der Waals surface area contributed by atoms with Crippen LogP contribution in [-0.2, 0) is 9.53 Å². The highest BCUT2D eigenvalue weighted by Gasteiger charge is 2.26. The van der Waals surface area contributed by atoms with E-state index in [-0.39, 0.29) is 12.0 Å². The number of fused-ring (bicyclic) bond motifs is 1. The van der Waals surface area contributed by atoms with Gasteiger partial charge in [0.1, 0.15) is 0 Å². The van der Waals surface area contributed by atoms with Crippen molar-refractivity contribution >= 4 is 5.97 Å². The molecule has 0 radical (unpaired) electrons. The fraction of sp³-hybridized carbons (Fsp3) is 0.417. The van der Waals surface area contributed by atoms with Gasteiger partial charge in [0.15, 0.2) is 0 Å². The van der Waals surface area contributed by atoms with Crippen LogP contribution >= 0.6 is 0 Å². The fourth-order valence-electron chi connectivity index (χ4n) is 2.00. The van der Waals surface area contributed by atoms with Crippen LogP contribution in [-0.4, -0.2) is 18.6 Å². The molecule has 2 aliphatic rings. The van der Waals surface area contributed by atoms with Crippen molar-refractivity contribution < 1.29 is 9.53 Å². The summed E-state index contributed by atoms with van der Waals surface area (Å²) in [5.41, 5.74) is 2.97. The van der Waals surface area contributed by atoms with Crippen LogP contribution in [0.2, 0.25) is 0 Å². The molecule has 0 spiro atoms. The summed E-state index contributed by atoms with van der Waals surface area (Å²) in [4.78, 5) is 11.7. The van der Waals surface area contributed by atoms with Crippen molar-refractivity contribution in [3.8, 4) is 0 Å². The van der Waals surface area contributed by atoms with Gasteiger partial charge in [-0.05, 0) is 44.2 Å². The fourth-order valence-corrected chi connectivity index (χ4v) is 2.00. The molecule has 1 N–H and O–H groups in total. The second-order valence-corrected chi connectivity index (χ2v) is 3.84. The number of ether oxygens (including phenoxy) is 1. The Morgan fingerprint density at radius 3 is 3.20 bits per heavy atom. The van der Waals surface area contributed by atoms with Gasteiger partial charge in [-0.3, -0.25) is 0 Å². The summed E-state index contributed by atoms with van der Waals surface area (Å²) in [7, 11) is 0. The van der Waals surface area contributed by atoms with E-state index < -0.39 is 0 Å². The van der Waals surface area contributed by atoms with Crippen LogP contribution in [0.4, 0.5) is 0 Å². The SMILES string of the molecule is CCOC(=O)C1=C2C=CNC2CC(C)=C1. The van der Waals surface area contributed by atoms with Crippen LogP contribution in [0.25, 0.3) is 0 Å². The van der Waals surface area contributed by atoms with Crippen molar-refractivity contribution in [3.05, 3.63) is 35.1 Å². The van der Waals surface area contributed by atoms with E-state index in [0.717, 1.165) is 12.0 Å². The van der Waals surface area contributed by atoms with E-state index in [1.807, 2.05) is 32.2 Å². The summed E-state index contributed by atoms with van der Waals surface area (Å²) in [6.45, 7) is 4.28. The van der Waals surface area contributed by atoms with Gasteiger partial charge in [0.2, 0.25) is 0 Å². The maximum Gasteiger partial charge on any atom is 0.338 e. The maximum atomic E-state index is 11.7. The molecule has 0 bridgehead atoms. The number of carbonyl (C=O) groups excluding carboxylic acids is 1. The molecule has 3 nitrogen and oxygen atoms in total. The zero-order valence-electron chi connectivity index (χ0n) is 9.04. The van der Waals surface area contributed by atoms with Gasteiger partial charge in [-0.15, -0.1) is 0 Å². The van der Waals surface area contributed by atoms with Crippen LogP contribution < -0.4 is 5.32 Å². The smallest absolute Gasteiger partial charge is 0.338 e. The van der Waals surface area contributed by atoms with Gasteiger partial charge in [0, 0.05) is 0 Å². The van der Waals surface area contributed by atoms with Gasteiger partial charge in [-0.1, -0.05) is 5.57 Å². The zero-order valence-corrected chi connectivity index (χ0v) is 9.04. The second-order valence-electron chi connectivity index (χ2n) is 3.84. The summed E-state index contributed by atoms with van der Waals surface area (Å²) < 4.78 is 5.03. The molecule has 80 valence electrons. The summed E-state index contributed by atoms with van der Waals surface area (Å²) in [5, 5.41) is 3.23. The minimum atomic E-state index is -0.218. The van der Waals surface area contributed by atoms with Crippen LogP contribution in [0, 0.1) is 0 Å². The number of hydrogen-bond acceptors (Lipinski definition) is 3. The van der Waals surface area contributed by atoms with Crippen molar-refractivity contribution in [3.63, 3.8) is 0 Å². The van der Waals surface area contributed by atoms with E-state index in [9.17, 15) is 4.79 Å². The Balaban J connectivity index is 2.33. The highest BCUT2D eigenvalue weighted by atomic mass is 16.5. The monoisotopic (exact) mass is 205 g/mol. The average molecular weight is 205 g/mol. The highest BCUT2D eigenvalue weighted by molar-refractivity contribution is 5.94. The van der Waals surface area contributed by atoms with E-state index in [4.69, 9.17) is 4.74 Å². The van der Waals surface area contributed by atoms with Crippen molar-refractivity contribution in [2.45, 2.75) is 26.3 Å². The second kappa shape index (κ2) is 3.93. The number of carbonyl (C=O) groups is 1. The Bertz CT molecular complexity index is 377. The number of rotatable bonds is 2. The Kier molecular flexibility index (Phi) is 2.62. The lowest BCUT2D eigenvalue weighted by molar-refractivity contribution is -0.138. The normalized spacial score (nSPS) is 23.3. The first-order valence-corrected chi connectivity index (χ1v) is 5.23.